The minimum atomic E-state index is -0.556. The highest BCUT2D eigenvalue weighted by Gasteiger charge is 2.22. The molecule has 0 saturated carbocycles. The first-order valence-electron chi connectivity index (χ1n) is 17.0. The number of carbonyl (C=O) groups excluding carboxylic acids is 2. The number of esters is 2. The van der Waals surface area contributed by atoms with Crippen LogP contribution in [-0.4, -0.2) is 24.1 Å². The highest BCUT2D eigenvalue weighted by molar-refractivity contribution is 5.90. The molecule has 0 aliphatic rings. The predicted octanol–water partition coefficient (Wildman–Crippen LogP) is 10.8. The predicted molar refractivity (Wildman–Crippen MR) is 175 cm³/mol. The molecule has 0 fully saturated rings. The SMILES string of the molecule is CCCCCCCCCCc1ccc(C(=O)OC(C)C(C)OC(=O)c2ccc(CCCCCCCCCC)cc2)cc1. The van der Waals surface area contributed by atoms with Crippen LogP contribution in [0, 0.1) is 0 Å². The van der Waals surface area contributed by atoms with E-state index in [1.54, 1.807) is 13.8 Å². The van der Waals surface area contributed by atoms with Crippen molar-refractivity contribution in [2.75, 3.05) is 0 Å². The van der Waals surface area contributed by atoms with Crippen molar-refractivity contribution in [1.82, 2.24) is 0 Å². The fourth-order valence-corrected chi connectivity index (χ4v) is 5.21. The molecule has 0 aromatic heterocycles. The van der Waals surface area contributed by atoms with E-state index in [0.717, 1.165) is 12.8 Å². The quantitative estimate of drug-likeness (QED) is 0.0972. The Balaban J connectivity index is 1.66. The van der Waals surface area contributed by atoms with Gasteiger partial charge in [0.25, 0.3) is 0 Å². The van der Waals surface area contributed by atoms with Crippen LogP contribution in [0.2, 0.25) is 0 Å². The Morgan fingerprint density at radius 1 is 0.476 bits per heavy atom. The van der Waals surface area contributed by atoms with Crippen LogP contribution in [0.15, 0.2) is 48.5 Å². The highest BCUT2D eigenvalue weighted by Crippen LogP contribution is 2.16. The van der Waals surface area contributed by atoms with Gasteiger partial charge in [0.05, 0.1) is 11.1 Å². The normalized spacial score (nSPS) is 12.6. The largest absolute Gasteiger partial charge is 0.455 e. The van der Waals surface area contributed by atoms with Crippen molar-refractivity contribution in [1.29, 1.82) is 0 Å². The van der Waals surface area contributed by atoms with Crippen LogP contribution in [-0.2, 0) is 22.3 Å². The van der Waals surface area contributed by atoms with Crippen molar-refractivity contribution in [3.05, 3.63) is 70.8 Å². The number of rotatable bonds is 23. The summed E-state index contributed by atoms with van der Waals surface area (Å²) in [7, 11) is 0. The van der Waals surface area contributed by atoms with Crippen LogP contribution in [0.25, 0.3) is 0 Å². The number of hydrogen-bond donors (Lipinski definition) is 0. The van der Waals surface area contributed by atoms with Crippen LogP contribution in [0.4, 0.5) is 0 Å². The molecule has 0 aliphatic heterocycles. The van der Waals surface area contributed by atoms with Crippen LogP contribution in [0.5, 0.6) is 0 Å². The Kier molecular flexibility index (Phi) is 18.6. The van der Waals surface area contributed by atoms with E-state index in [1.165, 1.54) is 114 Å². The third-order valence-corrected chi connectivity index (χ3v) is 8.26. The van der Waals surface area contributed by atoms with Gasteiger partial charge in [-0.05, 0) is 74.9 Å². The van der Waals surface area contributed by atoms with Gasteiger partial charge in [-0.15, -0.1) is 0 Å². The summed E-state index contributed by atoms with van der Waals surface area (Å²) in [5, 5.41) is 0. The zero-order valence-corrected chi connectivity index (χ0v) is 27.1. The molecule has 0 heterocycles. The molecule has 2 aromatic rings. The fourth-order valence-electron chi connectivity index (χ4n) is 5.21. The molecule has 2 unspecified atom stereocenters. The Labute approximate surface area is 257 Å². The van der Waals surface area contributed by atoms with Crippen LogP contribution in [0.1, 0.15) is 162 Å². The summed E-state index contributed by atoms with van der Waals surface area (Å²) in [5.74, 6) is -0.788. The summed E-state index contributed by atoms with van der Waals surface area (Å²) < 4.78 is 11.2. The molecule has 4 nitrogen and oxygen atoms in total. The summed E-state index contributed by atoms with van der Waals surface area (Å²) in [6, 6.07) is 15.4. The summed E-state index contributed by atoms with van der Waals surface area (Å²) in [5.41, 5.74) is 3.53. The lowest BCUT2D eigenvalue weighted by Crippen LogP contribution is -2.30. The molecule has 2 rings (SSSR count). The highest BCUT2D eigenvalue weighted by atomic mass is 16.6. The van der Waals surface area contributed by atoms with Gasteiger partial charge in [-0.1, -0.05) is 128 Å². The zero-order chi connectivity index (χ0) is 30.4. The zero-order valence-electron chi connectivity index (χ0n) is 27.1. The summed E-state index contributed by atoms with van der Waals surface area (Å²) in [4.78, 5) is 25.4. The molecule has 0 radical (unpaired) electrons. The van der Waals surface area contributed by atoms with Gasteiger partial charge in [0.1, 0.15) is 12.2 Å². The lowest BCUT2D eigenvalue weighted by atomic mass is 10.0. The first kappa shape index (κ1) is 35.6. The molecule has 0 saturated heterocycles. The van der Waals surface area contributed by atoms with E-state index < -0.39 is 24.1 Å². The maximum absolute atomic E-state index is 12.7. The molecular formula is C38H58O4. The van der Waals surface area contributed by atoms with Crippen molar-refractivity contribution >= 4 is 11.9 Å². The van der Waals surface area contributed by atoms with Crippen LogP contribution >= 0.6 is 0 Å². The maximum Gasteiger partial charge on any atom is 0.338 e. The average Bonchev–Trinajstić information content (AvgIpc) is 3.00. The van der Waals surface area contributed by atoms with Gasteiger partial charge < -0.3 is 9.47 Å². The Morgan fingerprint density at radius 2 is 0.762 bits per heavy atom. The smallest absolute Gasteiger partial charge is 0.338 e. The molecular weight excluding hydrogens is 520 g/mol. The van der Waals surface area contributed by atoms with E-state index >= 15 is 0 Å². The molecule has 0 aliphatic carbocycles. The number of ether oxygens (including phenoxy) is 2. The molecule has 0 N–H and O–H groups in total. The average molecular weight is 579 g/mol. The Morgan fingerprint density at radius 3 is 1.07 bits per heavy atom. The van der Waals surface area contributed by atoms with Gasteiger partial charge in [-0.3, -0.25) is 0 Å². The van der Waals surface area contributed by atoms with Gasteiger partial charge in [-0.2, -0.15) is 0 Å². The minimum absolute atomic E-state index is 0.394. The van der Waals surface area contributed by atoms with E-state index in [1.807, 2.05) is 48.5 Å². The van der Waals surface area contributed by atoms with Gasteiger partial charge in [0.15, 0.2) is 0 Å². The van der Waals surface area contributed by atoms with Crippen molar-refractivity contribution in [3.63, 3.8) is 0 Å². The molecule has 2 atom stereocenters. The third-order valence-electron chi connectivity index (χ3n) is 8.26. The molecule has 0 spiro atoms. The maximum atomic E-state index is 12.7. The second-order valence-corrected chi connectivity index (χ2v) is 12.1. The second kappa shape index (κ2) is 22.0. The Bertz CT molecular complexity index is 898. The second-order valence-electron chi connectivity index (χ2n) is 12.1. The van der Waals surface area contributed by atoms with Gasteiger partial charge >= 0.3 is 11.9 Å². The van der Waals surface area contributed by atoms with Crippen molar-refractivity contribution in [2.45, 2.75) is 155 Å². The van der Waals surface area contributed by atoms with Gasteiger partial charge in [0.2, 0.25) is 0 Å². The summed E-state index contributed by atoms with van der Waals surface area (Å²) >= 11 is 0. The standard InChI is InChI=1S/C38H58O4/c1-5-7-9-11-13-15-17-19-21-33-23-27-35(28-24-33)37(39)41-31(3)32(4)42-38(40)36-29-25-34(26-30-36)22-20-18-16-14-12-10-8-6-2/h23-32H,5-22H2,1-4H3. The molecule has 0 amide bonds. The fraction of sp³-hybridized carbons (Fsp3) is 0.632. The Hall–Kier alpha value is -2.62. The van der Waals surface area contributed by atoms with E-state index in [4.69, 9.17) is 9.47 Å². The van der Waals surface area contributed by atoms with Crippen LogP contribution < -0.4 is 0 Å². The van der Waals surface area contributed by atoms with Crippen molar-refractivity contribution in [2.24, 2.45) is 0 Å². The van der Waals surface area contributed by atoms with Gasteiger partial charge in [-0.25, -0.2) is 9.59 Å². The van der Waals surface area contributed by atoms with Crippen molar-refractivity contribution in [3.8, 4) is 0 Å². The number of benzene rings is 2. The van der Waals surface area contributed by atoms with E-state index in [0.29, 0.717) is 11.1 Å². The van der Waals surface area contributed by atoms with Crippen molar-refractivity contribution < 1.29 is 19.1 Å². The summed E-state index contributed by atoms with van der Waals surface area (Å²) in [6.07, 6.45) is 21.8. The summed E-state index contributed by atoms with van der Waals surface area (Å²) in [6.45, 7) is 8.03. The topological polar surface area (TPSA) is 52.6 Å². The number of unbranched alkanes of at least 4 members (excludes halogenated alkanes) is 14. The molecule has 4 heteroatoms. The number of carbonyl (C=O) groups is 2. The van der Waals surface area contributed by atoms with Crippen LogP contribution in [0.3, 0.4) is 0 Å². The molecule has 0 bridgehead atoms. The number of hydrogen-bond acceptors (Lipinski definition) is 4. The molecule has 42 heavy (non-hydrogen) atoms. The minimum Gasteiger partial charge on any atom is -0.455 e. The van der Waals surface area contributed by atoms with E-state index in [9.17, 15) is 9.59 Å². The lowest BCUT2D eigenvalue weighted by molar-refractivity contribution is -0.0239. The van der Waals surface area contributed by atoms with E-state index in [-0.39, 0.29) is 0 Å². The lowest BCUT2D eigenvalue weighted by Gasteiger charge is -2.21. The van der Waals surface area contributed by atoms with E-state index in [2.05, 4.69) is 13.8 Å². The number of aryl methyl sites for hydroxylation is 2. The third kappa shape index (κ3) is 15.0. The molecule has 234 valence electrons. The first-order valence-corrected chi connectivity index (χ1v) is 17.0. The monoisotopic (exact) mass is 578 g/mol. The van der Waals surface area contributed by atoms with Gasteiger partial charge in [0, 0.05) is 0 Å². The first-order chi connectivity index (χ1) is 20.4. The molecule has 2 aromatic carbocycles.